The van der Waals surface area contributed by atoms with Gasteiger partial charge >= 0.3 is 11.9 Å². The van der Waals surface area contributed by atoms with E-state index in [0.29, 0.717) is 6.04 Å². The largest absolute Gasteiger partial charge is 0.481 e. The van der Waals surface area contributed by atoms with Gasteiger partial charge in [-0.2, -0.15) is 0 Å². The fraction of sp³-hybridized carbons (Fsp3) is 0.600. The van der Waals surface area contributed by atoms with Crippen LogP contribution >= 0.6 is 0 Å². The molecule has 1 aliphatic carbocycles. The van der Waals surface area contributed by atoms with Crippen molar-refractivity contribution in [2.75, 3.05) is 6.54 Å². The molecule has 0 aromatic carbocycles. The Morgan fingerprint density at radius 3 is 2.48 bits per heavy atom. The van der Waals surface area contributed by atoms with E-state index in [4.69, 9.17) is 15.3 Å². The first-order valence-corrected chi connectivity index (χ1v) is 7.03. The summed E-state index contributed by atoms with van der Waals surface area (Å²) in [7, 11) is 0. The number of allylic oxidation sites excluding steroid dienone is 2. The third-order valence-electron chi connectivity index (χ3n) is 3.76. The summed E-state index contributed by atoms with van der Waals surface area (Å²) in [5.41, 5.74) is -0.949. The lowest BCUT2D eigenvalue weighted by Gasteiger charge is -2.23. The summed E-state index contributed by atoms with van der Waals surface area (Å²) in [5, 5.41) is 29.7. The van der Waals surface area contributed by atoms with Gasteiger partial charge in [-0.05, 0) is 39.7 Å². The van der Waals surface area contributed by atoms with Gasteiger partial charge in [0.25, 0.3) is 0 Å². The third-order valence-corrected chi connectivity index (χ3v) is 3.76. The number of hydrogen-bond donors (Lipinski definition) is 4. The van der Waals surface area contributed by atoms with Crippen LogP contribution in [0.25, 0.3) is 0 Å². The molecular weight excluding hydrogens is 274 g/mol. The number of aliphatic hydroxyl groups is 1. The Morgan fingerprint density at radius 1 is 1.43 bits per heavy atom. The Labute approximate surface area is 124 Å². The molecule has 1 saturated heterocycles. The van der Waals surface area contributed by atoms with Crippen LogP contribution in [0.1, 0.15) is 33.1 Å². The summed E-state index contributed by atoms with van der Waals surface area (Å²) in [6.07, 6.45) is 6.62. The molecule has 0 bridgehead atoms. The normalized spacial score (nSPS) is 29.1. The second kappa shape index (κ2) is 7.38. The van der Waals surface area contributed by atoms with Crippen LogP contribution in [0, 0.1) is 5.41 Å². The molecular formula is C15H23NO5. The highest BCUT2D eigenvalue weighted by molar-refractivity contribution is 5.90. The van der Waals surface area contributed by atoms with Gasteiger partial charge < -0.3 is 20.6 Å². The second-order valence-corrected chi connectivity index (χ2v) is 5.70. The first-order chi connectivity index (χ1) is 9.76. The number of carboxylic acid groups (broad SMARTS) is 2. The van der Waals surface area contributed by atoms with E-state index in [-0.39, 0.29) is 18.1 Å². The predicted octanol–water partition coefficient (Wildman–Crippen LogP) is 1.17. The smallest absolute Gasteiger partial charge is 0.331 e. The molecule has 21 heavy (non-hydrogen) atoms. The van der Waals surface area contributed by atoms with Crippen LogP contribution in [0.5, 0.6) is 0 Å². The van der Waals surface area contributed by atoms with Crippen molar-refractivity contribution in [1.29, 1.82) is 0 Å². The fourth-order valence-electron chi connectivity index (χ4n) is 2.31. The monoisotopic (exact) mass is 297 g/mol. The number of carboxylic acids is 2. The summed E-state index contributed by atoms with van der Waals surface area (Å²) in [5.74, 6) is -2.06. The van der Waals surface area contributed by atoms with Crippen molar-refractivity contribution in [3.8, 4) is 0 Å². The number of carbonyl (C=O) groups is 2. The molecule has 1 aliphatic heterocycles. The number of aliphatic hydroxyl groups excluding tert-OH is 1. The van der Waals surface area contributed by atoms with Gasteiger partial charge in [0.2, 0.25) is 0 Å². The highest BCUT2D eigenvalue weighted by atomic mass is 16.4. The van der Waals surface area contributed by atoms with E-state index in [1.807, 2.05) is 6.92 Å². The van der Waals surface area contributed by atoms with Crippen LogP contribution in [-0.4, -0.2) is 45.9 Å². The molecule has 6 nitrogen and oxygen atoms in total. The molecule has 0 aromatic rings. The Hall–Kier alpha value is -1.66. The molecule has 3 unspecified atom stereocenters. The molecule has 1 fully saturated rings. The maximum absolute atomic E-state index is 10.8. The van der Waals surface area contributed by atoms with Crippen LogP contribution in [0.3, 0.4) is 0 Å². The molecule has 0 radical (unpaired) electrons. The molecule has 1 heterocycles. The average Bonchev–Trinajstić information content (AvgIpc) is 2.93. The Balaban J connectivity index is 0.000000235. The first-order valence-electron chi connectivity index (χ1n) is 7.03. The second-order valence-electron chi connectivity index (χ2n) is 5.70. The van der Waals surface area contributed by atoms with Gasteiger partial charge in [0, 0.05) is 11.6 Å². The molecule has 4 N–H and O–H groups in total. The molecule has 118 valence electrons. The van der Waals surface area contributed by atoms with E-state index in [1.165, 1.54) is 31.6 Å². The minimum atomic E-state index is -1.08. The van der Waals surface area contributed by atoms with E-state index in [2.05, 4.69) is 5.32 Å². The minimum Gasteiger partial charge on any atom is -0.481 e. The van der Waals surface area contributed by atoms with Crippen molar-refractivity contribution in [3.05, 3.63) is 23.8 Å². The zero-order valence-electron chi connectivity index (χ0n) is 12.4. The van der Waals surface area contributed by atoms with Crippen molar-refractivity contribution >= 4 is 11.9 Å². The quantitative estimate of drug-likeness (QED) is 0.623. The highest BCUT2D eigenvalue weighted by Crippen LogP contribution is 2.31. The average molecular weight is 297 g/mol. The van der Waals surface area contributed by atoms with E-state index < -0.39 is 17.4 Å². The van der Waals surface area contributed by atoms with Gasteiger partial charge in [0.05, 0.1) is 11.5 Å². The van der Waals surface area contributed by atoms with Gasteiger partial charge in [-0.25, -0.2) is 4.79 Å². The van der Waals surface area contributed by atoms with Gasteiger partial charge in [0.15, 0.2) is 0 Å². The lowest BCUT2D eigenvalue weighted by molar-refractivity contribution is -0.145. The van der Waals surface area contributed by atoms with Crippen LogP contribution in [-0.2, 0) is 9.59 Å². The maximum Gasteiger partial charge on any atom is 0.331 e. The zero-order valence-corrected chi connectivity index (χ0v) is 12.4. The minimum absolute atomic E-state index is 0.0359. The van der Waals surface area contributed by atoms with Crippen LogP contribution < -0.4 is 5.32 Å². The highest BCUT2D eigenvalue weighted by Gasteiger charge is 2.34. The summed E-state index contributed by atoms with van der Waals surface area (Å²) >= 11 is 0. The molecule has 3 atom stereocenters. The number of rotatable bonds is 3. The summed E-state index contributed by atoms with van der Waals surface area (Å²) in [4.78, 5) is 21.3. The molecule has 0 saturated carbocycles. The van der Waals surface area contributed by atoms with Crippen molar-refractivity contribution in [1.82, 2.24) is 5.32 Å². The van der Waals surface area contributed by atoms with E-state index in [0.717, 1.165) is 13.0 Å². The van der Waals surface area contributed by atoms with Gasteiger partial charge in [-0.3, -0.25) is 4.79 Å². The molecule has 0 aromatic heterocycles. The Kier molecular flexibility index (Phi) is 6.11. The van der Waals surface area contributed by atoms with Crippen LogP contribution in [0.15, 0.2) is 23.8 Å². The number of nitrogens with one attached hydrogen (secondary N) is 1. The Morgan fingerprint density at radius 2 is 2.10 bits per heavy atom. The maximum atomic E-state index is 10.8. The summed E-state index contributed by atoms with van der Waals surface area (Å²) in [6.45, 7) is 4.42. The van der Waals surface area contributed by atoms with Crippen molar-refractivity contribution < 1.29 is 24.9 Å². The predicted molar refractivity (Wildman–Crippen MR) is 77.9 cm³/mol. The zero-order chi connectivity index (χ0) is 16.0. The summed E-state index contributed by atoms with van der Waals surface area (Å²) in [6, 6.07) is 0.370. The SMILES string of the molecule is CC(O)C1CCCN1.CC1(C(=O)O)C=CC=C(C(=O)O)C1. The molecule has 6 heteroatoms. The molecule has 0 spiro atoms. The summed E-state index contributed by atoms with van der Waals surface area (Å²) < 4.78 is 0. The van der Waals surface area contributed by atoms with Crippen LogP contribution in [0.4, 0.5) is 0 Å². The lowest BCUT2D eigenvalue weighted by atomic mass is 9.80. The number of hydrogen-bond acceptors (Lipinski definition) is 4. The van der Waals surface area contributed by atoms with Crippen molar-refractivity contribution in [2.45, 2.75) is 45.3 Å². The first kappa shape index (κ1) is 17.4. The lowest BCUT2D eigenvalue weighted by Crippen LogP contribution is -2.32. The fourth-order valence-corrected chi connectivity index (χ4v) is 2.31. The topological polar surface area (TPSA) is 107 Å². The molecule has 2 aliphatic rings. The molecule has 0 amide bonds. The molecule has 2 rings (SSSR count). The van der Waals surface area contributed by atoms with Crippen LogP contribution in [0.2, 0.25) is 0 Å². The van der Waals surface area contributed by atoms with E-state index in [1.54, 1.807) is 0 Å². The Bertz CT molecular complexity index is 449. The third kappa shape index (κ3) is 4.99. The van der Waals surface area contributed by atoms with E-state index >= 15 is 0 Å². The van der Waals surface area contributed by atoms with Gasteiger partial charge in [0.1, 0.15) is 0 Å². The van der Waals surface area contributed by atoms with Gasteiger partial charge in [-0.1, -0.05) is 18.2 Å². The van der Waals surface area contributed by atoms with Crippen molar-refractivity contribution in [2.24, 2.45) is 5.41 Å². The van der Waals surface area contributed by atoms with Crippen molar-refractivity contribution in [3.63, 3.8) is 0 Å². The van der Waals surface area contributed by atoms with E-state index in [9.17, 15) is 9.59 Å². The van der Waals surface area contributed by atoms with Gasteiger partial charge in [-0.15, -0.1) is 0 Å². The standard InChI is InChI=1S/C9H10O4.C6H13NO/c1-9(8(12)13)4-2-3-6(5-9)7(10)11;1-5(8)6-3-2-4-7-6/h2-4H,5H2,1H3,(H,10,11)(H,12,13);5-8H,2-4H2,1H3. The number of aliphatic carboxylic acids is 2.